The Labute approximate surface area is 213 Å². The number of rotatable bonds is 8. The zero-order valence-corrected chi connectivity index (χ0v) is 21.7. The van der Waals surface area contributed by atoms with E-state index < -0.39 is 12.1 Å². The van der Waals surface area contributed by atoms with Gasteiger partial charge in [0.2, 0.25) is 11.8 Å². The van der Waals surface area contributed by atoms with Crippen molar-refractivity contribution in [3.8, 4) is 5.88 Å². The van der Waals surface area contributed by atoms with Gasteiger partial charge in [0.25, 0.3) is 0 Å². The van der Waals surface area contributed by atoms with Crippen molar-refractivity contribution >= 4 is 5.91 Å². The van der Waals surface area contributed by atoms with E-state index in [1.807, 2.05) is 6.20 Å². The summed E-state index contributed by atoms with van der Waals surface area (Å²) in [5, 5.41) is 17.5. The van der Waals surface area contributed by atoms with Gasteiger partial charge in [-0.1, -0.05) is 45.1 Å². The minimum atomic E-state index is -0.839. The second-order valence-corrected chi connectivity index (χ2v) is 11.5. The molecule has 1 aliphatic carbocycles. The van der Waals surface area contributed by atoms with Gasteiger partial charge in [-0.25, -0.2) is 9.37 Å². The van der Waals surface area contributed by atoms with Crippen molar-refractivity contribution in [1.82, 2.24) is 15.6 Å². The lowest BCUT2D eigenvalue weighted by molar-refractivity contribution is -0.120. The van der Waals surface area contributed by atoms with E-state index in [9.17, 15) is 14.3 Å². The number of amides is 1. The Kier molecular flexibility index (Phi) is 7.81. The van der Waals surface area contributed by atoms with E-state index in [2.05, 4.69) is 49.6 Å². The summed E-state index contributed by atoms with van der Waals surface area (Å²) in [5.41, 5.74) is 2.82. The molecule has 6 nitrogen and oxygen atoms in total. The molecule has 3 atom stereocenters. The van der Waals surface area contributed by atoms with Crippen molar-refractivity contribution < 1.29 is 19.0 Å². The monoisotopic (exact) mass is 495 g/mol. The molecule has 3 N–H and O–H groups in total. The van der Waals surface area contributed by atoms with E-state index in [0.717, 1.165) is 42.4 Å². The third-order valence-electron chi connectivity index (χ3n) is 6.88. The van der Waals surface area contributed by atoms with Gasteiger partial charge in [0.15, 0.2) is 0 Å². The number of aliphatic hydroxyl groups is 1. The van der Waals surface area contributed by atoms with Crippen LogP contribution in [-0.2, 0) is 17.6 Å². The van der Waals surface area contributed by atoms with Gasteiger partial charge in [-0.15, -0.1) is 0 Å². The topological polar surface area (TPSA) is 83.5 Å². The van der Waals surface area contributed by atoms with Gasteiger partial charge in [0.1, 0.15) is 11.4 Å². The molecule has 1 aromatic carbocycles. The molecule has 1 amide bonds. The molecular weight excluding hydrogens is 457 g/mol. The summed E-state index contributed by atoms with van der Waals surface area (Å²) in [6, 6.07) is 7.77. The van der Waals surface area contributed by atoms with Crippen LogP contribution in [0.4, 0.5) is 4.39 Å². The standard InChI is InChI=1S/C29H38FN3O3/c1-19(34)33-24(14-20-7-9-22(30)10-8-20)26(35)18-31-25-16-29(11-5-6-12-29)36-27-23(25)13-21(17-32-27)15-28(2,3)4/h5-10,13,17,24-26,31,35H,11-12,14-16,18H2,1-4H3,(H,33,34)/t24-,25-,26-/m0/s1. The lowest BCUT2D eigenvalue weighted by Crippen LogP contribution is -2.50. The maximum atomic E-state index is 13.3. The fourth-order valence-corrected chi connectivity index (χ4v) is 5.22. The summed E-state index contributed by atoms with van der Waals surface area (Å²) in [4.78, 5) is 16.6. The molecular formula is C29H38FN3O3. The molecule has 1 aliphatic heterocycles. The molecule has 1 spiro atoms. The summed E-state index contributed by atoms with van der Waals surface area (Å²) in [7, 11) is 0. The number of aromatic nitrogens is 1. The Morgan fingerprint density at radius 3 is 2.56 bits per heavy atom. The maximum absolute atomic E-state index is 13.3. The Balaban J connectivity index is 1.51. The number of benzene rings is 1. The highest BCUT2D eigenvalue weighted by Crippen LogP contribution is 2.44. The van der Waals surface area contributed by atoms with Crippen LogP contribution in [0.1, 0.15) is 69.7 Å². The summed E-state index contributed by atoms with van der Waals surface area (Å²) in [6.45, 7) is 8.33. The predicted octanol–water partition coefficient (Wildman–Crippen LogP) is 4.42. The number of hydrogen-bond acceptors (Lipinski definition) is 5. The molecule has 4 rings (SSSR count). The van der Waals surface area contributed by atoms with Crippen LogP contribution >= 0.6 is 0 Å². The molecule has 0 radical (unpaired) electrons. The molecule has 0 fully saturated rings. The number of fused-ring (bicyclic) bond motifs is 1. The van der Waals surface area contributed by atoms with Crippen LogP contribution in [-0.4, -0.2) is 40.3 Å². The summed E-state index contributed by atoms with van der Waals surface area (Å²) < 4.78 is 19.8. The van der Waals surface area contributed by atoms with Crippen LogP contribution in [0.3, 0.4) is 0 Å². The first kappa shape index (κ1) is 26.3. The van der Waals surface area contributed by atoms with Crippen molar-refractivity contribution in [2.75, 3.05) is 6.54 Å². The largest absolute Gasteiger partial charge is 0.470 e. The molecule has 2 heterocycles. The van der Waals surface area contributed by atoms with Gasteiger partial charge in [-0.05, 0) is 47.6 Å². The number of nitrogens with zero attached hydrogens (tertiary/aromatic N) is 1. The summed E-state index contributed by atoms with van der Waals surface area (Å²) in [5.74, 6) is 0.119. The molecule has 7 heteroatoms. The molecule has 194 valence electrons. The Bertz CT molecular complexity index is 1090. The average Bonchev–Trinajstić information content (AvgIpc) is 3.24. The summed E-state index contributed by atoms with van der Waals surface area (Å²) in [6.07, 6.45) is 9.11. The van der Waals surface area contributed by atoms with E-state index in [4.69, 9.17) is 9.72 Å². The van der Waals surface area contributed by atoms with Crippen molar-refractivity contribution in [3.05, 3.63) is 71.2 Å². The third-order valence-corrected chi connectivity index (χ3v) is 6.88. The van der Waals surface area contributed by atoms with Crippen LogP contribution < -0.4 is 15.4 Å². The van der Waals surface area contributed by atoms with Crippen LogP contribution in [0.2, 0.25) is 0 Å². The minimum Gasteiger partial charge on any atom is -0.470 e. The van der Waals surface area contributed by atoms with Gasteiger partial charge < -0.3 is 20.5 Å². The molecule has 1 aromatic heterocycles. The van der Waals surface area contributed by atoms with E-state index >= 15 is 0 Å². The van der Waals surface area contributed by atoms with Crippen LogP contribution in [0.15, 0.2) is 48.7 Å². The number of nitrogens with one attached hydrogen (secondary N) is 2. The van der Waals surface area contributed by atoms with Crippen LogP contribution in [0.5, 0.6) is 5.88 Å². The van der Waals surface area contributed by atoms with E-state index in [0.29, 0.717) is 12.3 Å². The smallest absolute Gasteiger partial charge is 0.218 e. The first-order valence-corrected chi connectivity index (χ1v) is 12.8. The molecule has 36 heavy (non-hydrogen) atoms. The first-order chi connectivity index (χ1) is 17.0. The van der Waals surface area contributed by atoms with Gasteiger partial charge in [0, 0.05) is 50.5 Å². The third kappa shape index (κ3) is 6.71. The predicted molar refractivity (Wildman–Crippen MR) is 138 cm³/mol. The lowest BCUT2D eigenvalue weighted by Gasteiger charge is -2.40. The van der Waals surface area contributed by atoms with Gasteiger partial charge in [0.05, 0.1) is 12.1 Å². The van der Waals surface area contributed by atoms with Crippen LogP contribution in [0, 0.1) is 11.2 Å². The summed E-state index contributed by atoms with van der Waals surface area (Å²) >= 11 is 0. The van der Waals surface area contributed by atoms with E-state index in [-0.39, 0.29) is 35.3 Å². The number of halogens is 1. The Morgan fingerprint density at radius 1 is 1.22 bits per heavy atom. The SMILES string of the molecule is CC(=O)N[C@@H](Cc1ccc(F)cc1)[C@@H](O)CN[C@H]1CC2(CC=CC2)Oc2ncc(CC(C)(C)C)cc21. The van der Waals surface area contributed by atoms with Crippen molar-refractivity contribution in [2.45, 2.75) is 83.6 Å². The normalized spacial score (nSPS) is 20.0. The minimum absolute atomic E-state index is 0.0421. The molecule has 2 aliphatic rings. The van der Waals surface area contributed by atoms with Gasteiger partial charge in [-0.3, -0.25) is 4.79 Å². The van der Waals surface area contributed by atoms with E-state index in [1.165, 1.54) is 19.1 Å². The number of pyridine rings is 1. The maximum Gasteiger partial charge on any atom is 0.218 e. The first-order valence-electron chi connectivity index (χ1n) is 12.8. The highest BCUT2D eigenvalue weighted by Gasteiger charge is 2.42. The molecule has 0 saturated heterocycles. The van der Waals surface area contributed by atoms with Crippen molar-refractivity contribution in [3.63, 3.8) is 0 Å². The number of aliphatic hydroxyl groups excluding tert-OH is 1. The molecule has 0 bridgehead atoms. The van der Waals surface area contributed by atoms with Crippen LogP contribution in [0.25, 0.3) is 0 Å². The average molecular weight is 496 g/mol. The molecule has 0 unspecified atom stereocenters. The van der Waals surface area contributed by atoms with Crippen molar-refractivity contribution in [2.24, 2.45) is 5.41 Å². The lowest BCUT2D eigenvalue weighted by atomic mass is 9.84. The fourth-order valence-electron chi connectivity index (χ4n) is 5.22. The molecule has 0 saturated carbocycles. The van der Waals surface area contributed by atoms with Crippen molar-refractivity contribution in [1.29, 1.82) is 0 Å². The number of ether oxygens (including phenoxy) is 1. The quantitative estimate of drug-likeness (QED) is 0.472. The zero-order valence-electron chi connectivity index (χ0n) is 21.7. The zero-order chi connectivity index (χ0) is 25.9. The van der Waals surface area contributed by atoms with E-state index in [1.54, 1.807) is 12.1 Å². The Morgan fingerprint density at radius 2 is 1.92 bits per heavy atom. The second kappa shape index (κ2) is 10.7. The highest BCUT2D eigenvalue weighted by atomic mass is 19.1. The number of carbonyl (C=O) groups is 1. The fraction of sp³-hybridized carbons (Fsp3) is 0.517. The molecule has 2 aromatic rings. The highest BCUT2D eigenvalue weighted by molar-refractivity contribution is 5.73. The van der Waals surface area contributed by atoms with Gasteiger partial charge >= 0.3 is 0 Å². The number of hydrogen-bond donors (Lipinski definition) is 3. The Hall–Kier alpha value is -2.77. The number of carbonyl (C=O) groups excluding carboxylic acids is 1. The van der Waals surface area contributed by atoms with Gasteiger partial charge in [-0.2, -0.15) is 0 Å². The second-order valence-electron chi connectivity index (χ2n) is 11.5.